The van der Waals surface area contributed by atoms with Crippen LogP contribution >= 0.6 is 11.6 Å². The van der Waals surface area contributed by atoms with Gasteiger partial charge < -0.3 is 9.73 Å². The van der Waals surface area contributed by atoms with Gasteiger partial charge in [-0.05, 0) is 48.0 Å². The topological polar surface area (TPSA) is 85.4 Å². The summed E-state index contributed by atoms with van der Waals surface area (Å²) in [6, 6.07) is 20.3. The van der Waals surface area contributed by atoms with Crippen LogP contribution < -0.4 is 5.32 Å². The van der Waals surface area contributed by atoms with Crippen LogP contribution in [0.1, 0.15) is 15.9 Å². The van der Waals surface area contributed by atoms with E-state index in [1.54, 1.807) is 73.8 Å². The Balaban J connectivity index is 2.09. The van der Waals surface area contributed by atoms with Crippen LogP contribution in [-0.4, -0.2) is 17.8 Å². The SMILES string of the molecule is CNc1cc(-c2ccccc2)c([N+](=O)[O-])c(-c2ccco2)c1C(=O)c1ccc(Cl)cc1. The van der Waals surface area contributed by atoms with Crippen LogP contribution in [0.3, 0.4) is 0 Å². The van der Waals surface area contributed by atoms with Crippen molar-refractivity contribution < 1.29 is 14.1 Å². The number of ketones is 1. The third-order valence-corrected chi connectivity index (χ3v) is 5.19. The molecule has 0 aliphatic rings. The van der Waals surface area contributed by atoms with Gasteiger partial charge in [0.05, 0.1) is 22.3 Å². The van der Waals surface area contributed by atoms with Crippen molar-refractivity contribution in [3.05, 3.63) is 105 Å². The van der Waals surface area contributed by atoms with Crippen molar-refractivity contribution in [1.82, 2.24) is 0 Å². The minimum absolute atomic E-state index is 0.126. The first kappa shape index (κ1) is 20.4. The van der Waals surface area contributed by atoms with Crippen molar-refractivity contribution in [1.29, 1.82) is 0 Å². The molecule has 1 N–H and O–H groups in total. The van der Waals surface area contributed by atoms with Gasteiger partial charge >= 0.3 is 0 Å². The van der Waals surface area contributed by atoms with Crippen molar-refractivity contribution in [2.75, 3.05) is 12.4 Å². The highest BCUT2D eigenvalue weighted by Crippen LogP contribution is 2.45. The Bertz CT molecular complexity index is 1250. The number of carbonyl (C=O) groups is 1. The highest BCUT2D eigenvalue weighted by Gasteiger charge is 2.32. The second-order valence-electron chi connectivity index (χ2n) is 6.76. The van der Waals surface area contributed by atoms with Crippen molar-refractivity contribution in [3.8, 4) is 22.5 Å². The minimum Gasteiger partial charge on any atom is -0.464 e. The first-order valence-corrected chi connectivity index (χ1v) is 9.81. The molecule has 31 heavy (non-hydrogen) atoms. The summed E-state index contributed by atoms with van der Waals surface area (Å²) in [5.74, 6) is -0.145. The van der Waals surface area contributed by atoms with Crippen molar-refractivity contribution in [2.45, 2.75) is 0 Å². The molecule has 0 aliphatic heterocycles. The van der Waals surface area contributed by atoms with E-state index in [0.717, 1.165) is 0 Å². The van der Waals surface area contributed by atoms with Gasteiger partial charge in [0.15, 0.2) is 5.78 Å². The number of furan rings is 1. The summed E-state index contributed by atoms with van der Waals surface area (Å²) in [6.45, 7) is 0. The Morgan fingerprint density at radius 3 is 2.32 bits per heavy atom. The number of nitrogens with zero attached hydrogens (tertiary/aromatic N) is 1. The van der Waals surface area contributed by atoms with Crippen LogP contribution in [-0.2, 0) is 0 Å². The molecule has 6 nitrogen and oxygen atoms in total. The Morgan fingerprint density at radius 1 is 1.03 bits per heavy atom. The molecule has 0 bridgehead atoms. The van der Waals surface area contributed by atoms with Crippen LogP contribution in [0.25, 0.3) is 22.5 Å². The van der Waals surface area contributed by atoms with E-state index in [2.05, 4.69) is 5.32 Å². The van der Waals surface area contributed by atoms with Gasteiger partial charge in [-0.2, -0.15) is 0 Å². The lowest BCUT2D eigenvalue weighted by Crippen LogP contribution is -2.10. The Kier molecular flexibility index (Phi) is 5.56. The fourth-order valence-corrected chi connectivity index (χ4v) is 3.67. The zero-order valence-corrected chi connectivity index (χ0v) is 17.2. The fraction of sp³-hybridized carbons (Fsp3) is 0.0417. The van der Waals surface area contributed by atoms with Crippen LogP contribution in [0.2, 0.25) is 5.02 Å². The van der Waals surface area contributed by atoms with Crippen LogP contribution in [0.5, 0.6) is 0 Å². The third kappa shape index (κ3) is 3.81. The number of rotatable bonds is 6. The van der Waals surface area contributed by atoms with E-state index >= 15 is 0 Å². The summed E-state index contributed by atoms with van der Waals surface area (Å²) < 4.78 is 5.54. The molecule has 1 heterocycles. The van der Waals surface area contributed by atoms with E-state index in [0.29, 0.717) is 27.4 Å². The Labute approximate surface area is 183 Å². The normalized spacial score (nSPS) is 10.6. The number of benzene rings is 3. The summed E-state index contributed by atoms with van der Waals surface area (Å²) in [6.07, 6.45) is 1.42. The molecule has 0 saturated heterocycles. The zero-order chi connectivity index (χ0) is 22.0. The number of halogens is 1. The molecule has 4 aromatic rings. The number of nitro benzene ring substituents is 1. The summed E-state index contributed by atoms with van der Waals surface area (Å²) >= 11 is 5.96. The maximum Gasteiger partial charge on any atom is 0.289 e. The molecule has 3 aromatic carbocycles. The number of hydrogen-bond acceptors (Lipinski definition) is 5. The smallest absolute Gasteiger partial charge is 0.289 e. The van der Waals surface area contributed by atoms with Crippen LogP contribution in [0.4, 0.5) is 11.4 Å². The summed E-state index contributed by atoms with van der Waals surface area (Å²) in [4.78, 5) is 25.3. The third-order valence-electron chi connectivity index (χ3n) is 4.94. The second-order valence-corrected chi connectivity index (χ2v) is 7.19. The molecule has 4 rings (SSSR count). The zero-order valence-electron chi connectivity index (χ0n) is 16.5. The van der Waals surface area contributed by atoms with Gasteiger partial charge in [0.2, 0.25) is 0 Å². The number of hydrogen-bond donors (Lipinski definition) is 1. The molecule has 0 spiro atoms. The van der Waals surface area contributed by atoms with Gasteiger partial charge in [-0.3, -0.25) is 14.9 Å². The second kappa shape index (κ2) is 8.45. The summed E-state index contributed by atoms with van der Waals surface area (Å²) in [5.41, 5.74) is 1.94. The molecule has 0 atom stereocenters. The average Bonchev–Trinajstić information content (AvgIpc) is 3.33. The summed E-state index contributed by atoms with van der Waals surface area (Å²) in [7, 11) is 1.67. The molecule has 154 valence electrons. The largest absolute Gasteiger partial charge is 0.464 e. The van der Waals surface area contributed by atoms with Gasteiger partial charge in [-0.25, -0.2) is 0 Å². The van der Waals surface area contributed by atoms with E-state index in [-0.39, 0.29) is 28.4 Å². The van der Waals surface area contributed by atoms with Gasteiger partial charge in [-0.1, -0.05) is 41.9 Å². The van der Waals surface area contributed by atoms with Gasteiger partial charge in [0.1, 0.15) is 11.3 Å². The molecular weight excluding hydrogens is 416 g/mol. The van der Waals surface area contributed by atoms with Gasteiger partial charge in [0.25, 0.3) is 5.69 Å². The number of anilines is 1. The predicted molar refractivity (Wildman–Crippen MR) is 121 cm³/mol. The summed E-state index contributed by atoms with van der Waals surface area (Å²) in [5, 5.41) is 15.8. The lowest BCUT2D eigenvalue weighted by atomic mass is 9.89. The first-order valence-electron chi connectivity index (χ1n) is 9.44. The number of carbonyl (C=O) groups excluding carboxylic acids is 1. The van der Waals surface area contributed by atoms with E-state index in [1.807, 2.05) is 6.07 Å². The Hall–Kier alpha value is -3.90. The van der Waals surface area contributed by atoms with Crippen LogP contribution in [0.15, 0.2) is 83.5 Å². The number of nitrogens with one attached hydrogen (secondary N) is 1. The monoisotopic (exact) mass is 432 g/mol. The molecule has 0 fully saturated rings. The maximum atomic E-state index is 13.5. The first-order chi connectivity index (χ1) is 15.0. The van der Waals surface area contributed by atoms with Crippen LogP contribution in [0, 0.1) is 10.1 Å². The quantitative estimate of drug-likeness (QED) is 0.215. The molecule has 0 aliphatic carbocycles. The van der Waals surface area contributed by atoms with E-state index in [1.165, 1.54) is 6.26 Å². The van der Waals surface area contributed by atoms with Gasteiger partial charge in [0, 0.05) is 23.3 Å². The molecule has 0 saturated carbocycles. The standard InChI is InChI=1S/C24H17ClN2O4/c1-26-19-14-18(15-6-3-2-4-7-15)23(27(29)30)22(20-8-5-13-31-20)21(19)24(28)16-9-11-17(25)12-10-16/h2-14,26H,1H3. The minimum atomic E-state index is -0.474. The lowest BCUT2D eigenvalue weighted by Gasteiger charge is -2.16. The molecule has 1 aromatic heterocycles. The maximum absolute atomic E-state index is 13.5. The van der Waals surface area contributed by atoms with E-state index < -0.39 is 4.92 Å². The van der Waals surface area contributed by atoms with Gasteiger partial charge in [-0.15, -0.1) is 0 Å². The highest BCUT2D eigenvalue weighted by atomic mass is 35.5. The number of nitro groups is 1. The van der Waals surface area contributed by atoms with E-state index in [9.17, 15) is 14.9 Å². The molecular formula is C24H17ClN2O4. The molecule has 0 amide bonds. The van der Waals surface area contributed by atoms with E-state index in [4.69, 9.17) is 16.0 Å². The predicted octanol–water partition coefficient (Wildman–Crippen LogP) is 6.45. The molecule has 7 heteroatoms. The highest BCUT2D eigenvalue weighted by molar-refractivity contribution is 6.30. The van der Waals surface area contributed by atoms with Crippen molar-refractivity contribution in [2.24, 2.45) is 0 Å². The lowest BCUT2D eigenvalue weighted by molar-refractivity contribution is -0.383. The Morgan fingerprint density at radius 2 is 1.74 bits per heavy atom. The molecule has 0 radical (unpaired) electrons. The molecule has 0 unspecified atom stereocenters. The fourth-order valence-electron chi connectivity index (χ4n) is 3.54. The average molecular weight is 433 g/mol. The van der Waals surface area contributed by atoms with Crippen molar-refractivity contribution in [3.63, 3.8) is 0 Å². The van der Waals surface area contributed by atoms with Crippen molar-refractivity contribution >= 4 is 28.8 Å².